The van der Waals surface area contributed by atoms with Crippen molar-refractivity contribution in [3.63, 3.8) is 0 Å². The predicted octanol–water partition coefficient (Wildman–Crippen LogP) is 3.08. The van der Waals surface area contributed by atoms with Crippen molar-refractivity contribution in [2.75, 3.05) is 0 Å². The summed E-state index contributed by atoms with van der Waals surface area (Å²) < 4.78 is 0. The molecule has 0 fully saturated rings. The van der Waals surface area contributed by atoms with Crippen LogP contribution >= 0.6 is 0 Å². The molecular weight excluding hydrogens is 160 g/mol. The van der Waals surface area contributed by atoms with Gasteiger partial charge in [0.25, 0.3) is 0 Å². The Bertz CT molecular complexity index is 168. The number of hydrogen-bond donors (Lipinski definition) is 1. The second-order valence-electron chi connectivity index (χ2n) is 2.99. The monoisotopic (exact) mass is 180 g/mol. The first-order chi connectivity index (χ1) is 6.24. The van der Waals surface area contributed by atoms with E-state index in [2.05, 4.69) is 26.8 Å². The van der Waals surface area contributed by atoms with Gasteiger partial charge >= 0.3 is 0 Å². The van der Waals surface area contributed by atoms with Gasteiger partial charge in [-0.05, 0) is 39.5 Å². The number of aliphatic hydroxyl groups excluding tert-OH is 1. The molecule has 1 unspecified atom stereocenters. The maximum Gasteiger partial charge on any atom is 0.0757 e. The molecule has 1 atom stereocenters. The first-order valence-electron chi connectivity index (χ1n) is 4.85. The first-order valence-corrected chi connectivity index (χ1v) is 4.85. The van der Waals surface area contributed by atoms with Crippen molar-refractivity contribution in [1.29, 1.82) is 0 Å². The topological polar surface area (TPSA) is 20.2 Å². The van der Waals surface area contributed by atoms with Crippen LogP contribution in [-0.2, 0) is 0 Å². The molecule has 0 aliphatic rings. The molecule has 74 valence electrons. The van der Waals surface area contributed by atoms with Gasteiger partial charge < -0.3 is 5.11 Å². The van der Waals surface area contributed by atoms with Gasteiger partial charge in [0.2, 0.25) is 0 Å². The smallest absolute Gasteiger partial charge is 0.0757 e. The largest absolute Gasteiger partial charge is 0.389 e. The van der Waals surface area contributed by atoms with Gasteiger partial charge in [0.15, 0.2) is 0 Å². The van der Waals surface area contributed by atoms with E-state index in [1.807, 2.05) is 6.08 Å². The highest BCUT2D eigenvalue weighted by molar-refractivity contribution is 5.06. The zero-order valence-electron chi connectivity index (χ0n) is 8.50. The van der Waals surface area contributed by atoms with E-state index >= 15 is 0 Å². The fourth-order valence-corrected chi connectivity index (χ4v) is 1.17. The third-order valence-corrected chi connectivity index (χ3v) is 1.88. The van der Waals surface area contributed by atoms with E-state index in [-0.39, 0.29) is 6.10 Å². The van der Waals surface area contributed by atoms with E-state index in [0.717, 1.165) is 25.7 Å². The van der Waals surface area contributed by atoms with Crippen LogP contribution in [0.2, 0.25) is 0 Å². The molecule has 0 saturated heterocycles. The first kappa shape index (κ1) is 12.4. The van der Waals surface area contributed by atoms with E-state index < -0.39 is 0 Å². The maximum atomic E-state index is 9.53. The molecule has 0 spiro atoms. The number of aliphatic hydroxyl groups is 1. The third-order valence-electron chi connectivity index (χ3n) is 1.88. The van der Waals surface area contributed by atoms with E-state index in [0.29, 0.717) is 0 Å². The minimum atomic E-state index is -0.362. The highest BCUT2D eigenvalue weighted by atomic mass is 16.3. The summed E-state index contributed by atoms with van der Waals surface area (Å²) in [6, 6.07) is 0. The van der Waals surface area contributed by atoms with E-state index in [4.69, 9.17) is 0 Å². The van der Waals surface area contributed by atoms with Crippen molar-refractivity contribution in [1.82, 2.24) is 0 Å². The lowest BCUT2D eigenvalue weighted by molar-refractivity contribution is 0.222. The van der Waals surface area contributed by atoms with E-state index in [9.17, 15) is 5.11 Å². The lowest BCUT2D eigenvalue weighted by Gasteiger charge is -2.07. The number of allylic oxidation sites excluding steroid dienone is 2. The van der Waals surface area contributed by atoms with Crippen molar-refractivity contribution in [3.8, 4) is 0 Å². The minimum absolute atomic E-state index is 0.362. The van der Waals surface area contributed by atoms with Crippen LogP contribution in [0.1, 0.15) is 32.6 Å². The molecule has 0 amide bonds. The summed E-state index contributed by atoms with van der Waals surface area (Å²) in [5.74, 6) is 0. The van der Waals surface area contributed by atoms with Gasteiger partial charge in [0.1, 0.15) is 0 Å². The molecule has 0 heterocycles. The predicted molar refractivity (Wildman–Crippen MR) is 58.1 cm³/mol. The molecule has 0 aromatic rings. The lowest BCUT2D eigenvalue weighted by Crippen LogP contribution is -2.03. The highest BCUT2D eigenvalue weighted by Gasteiger charge is 2.01. The molecule has 0 aliphatic heterocycles. The molecule has 0 aromatic heterocycles. The lowest BCUT2D eigenvalue weighted by atomic mass is 10.0. The second kappa shape index (κ2) is 8.06. The molecule has 0 rings (SSSR count). The summed E-state index contributed by atoms with van der Waals surface area (Å²) in [7, 11) is 0. The fourth-order valence-electron chi connectivity index (χ4n) is 1.17. The quantitative estimate of drug-likeness (QED) is 0.623. The SMILES string of the molecule is [CH2]CC=CC(O)CC(=CC[CH2])CC. The Balaban J connectivity index is 3.93. The summed E-state index contributed by atoms with van der Waals surface area (Å²) in [6.45, 7) is 9.52. The van der Waals surface area contributed by atoms with Gasteiger partial charge in [-0.15, -0.1) is 0 Å². The number of rotatable bonds is 6. The Morgan fingerprint density at radius 1 is 1.38 bits per heavy atom. The molecule has 0 aromatic carbocycles. The Labute approximate surface area is 82.2 Å². The van der Waals surface area contributed by atoms with Crippen LogP contribution in [0.4, 0.5) is 0 Å². The summed E-state index contributed by atoms with van der Waals surface area (Å²) in [4.78, 5) is 0. The number of hydrogen-bond acceptors (Lipinski definition) is 1. The van der Waals surface area contributed by atoms with Crippen LogP contribution < -0.4 is 0 Å². The fraction of sp³-hybridized carbons (Fsp3) is 0.500. The highest BCUT2D eigenvalue weighted by Crippen LogP contribution is 2.11. The van der Waals surface area contributed by atoms with Crippen LogP contribution in [0.5, 0.6) is 0 Å². The van der Waals surface area contributed by atoms with Crippen molar-refractivity contribution in [2.24, 2.45) is 0 Å². The zero-order chi connectivity index (χ0) is 10.1. The Morgan fingerprint density at radius 2 is 2.08 bits per heavy atom. The summed E-state index contributed by atoms with van der Waals surface area (Å²) in [5.41, 5.74) is 1.27. The van der Waals surface area contributed by atoms with Crippen LogP contribution in [-0.4, -0.2) is 11.2 Å². The van der Waals surface area contributed by atoms with Gasteiger partial charge in [0.05, 0.1) is 6.10 Å². The van der Waals surface area contributed by atoms with Gasteiger partial charge in [-0.2, -0.15) is 0 Å². The maximum absolute atomic E-state index is 9.53. The second-order valence-corrected chi connectivity index (χ2v) is 2.99. The standard InChI is InChI=1S/C12H20O/c1-4-7-9-12(13)10-11(6-3)8-5-2/h7-9,12-13H,1-2,4-6,10H2,3H3. The molecule has 0 aliphatic carbocycles. The summed E-state index contributed by atoms with van der Waals surface area (Å²) in [6.07, 6.45) is 8.67. The summed E-state index contributed by atoms with van der Waals surface area (Å²) >= 11 is 0. The molecular formula is C12H20O. The van der Waals surface area contributed by atoms with E-state index in [1.165, 1.54) is 5.57 Å². The molecule has 1 heteroatoms. The summed E-state index contributed by atoms with van der Waals surface area (Å²) in [5, 5.41) is 9.53. The molecule has 1 N–H and O–H groups in total. The average Bonchev–Trinajstić information content (AvgIpc) is 2.14. The van der Waals surface area contributed by atoms with Crippen LogP contribution in [0.15, 0.2) is 23.8 Å². The minimum Gasteiger partial charge on any atom is -0.389 e. The van der Waals surface area contributed by atoms with Crippen molar-refractivity contribution in [3.05, 3.63) is 37.6 Å². The molecule has 0 saturated carbocycles. The Morgan fingerprint density at radius 3 is 2.54 bits per heavy atom. The molecule has 1 nitrogen and oxygen atoms in total. The molecule has 2 radical (unpaired) electrons. The van der Waals surface area contributed by atoms with Crippen molar-refractivity contribution < 1.29 is 5.11 Å². The molecule has 13 heavy (non-hydrogen) atoms. The van der Waals surface area contributed by atoms with Crippen molar-refractivity contribution >= 4 is 0 Å². The normalized spacial score (nSPS) is 15.2. The zero-order valence-corrected chi connectivity index (χ0v) is 8.50. The van der Waals surface area contributed by atoms with E-state index in [1.54, 1.807) is 6.08 Å². The Kier molecular flexibility index (Phi) is 7.71. The van der Waals surface area contributed by atoms with Gasteiger partial charge in [-0.1, -0.05) is 30.7 Å². The van der Waals surface area contributed by atoms with Gasteiger partial charge in [-0.3, -0.25) is 0 Å². The molecule has 0 bridgehead atoms. The van der Waals surface area contributed by atoms with Gasteiger partial charge in [-0.25, -0.2) is 0 Å². The third kappa shape index (κ3) is 6.59. The van der Waals surface area contributed by atoms with Gasteiger partial charge in [0, 0.05) is 0 Å². The van der Waals surface area contributed by atoms with Crippen LogP contribution in [0.3, 0.4) is 0 Å². The van der Waals surface area contributed by atoms with Crippen molar-refractivity contribution in [2.45, 2.75) is 38.7 Å². The Hall–Kier alpha value is -0.560. The van der Waals surface area contributed by atoms with Crippen LogP contribution in [0, 0.1) is 13.8 Å². The average molecular weight is 180 g/mol. The van der Waals surface area contributed by atoms with Crippen LogP contribution in [0.25, 0.3) is 0 Å².